The van der Waals surface area contributed by atoms with Crippen LogP contribution in [0.2, 0.25) is 0 Å². The third-order valence-corrected chi connectivity index (χ3v) is 4.58. The molecule has 0 radical (unpaired) electrons. The summed E-state index contributed by atoms with van der Waals surface area (Å²) in [6.07, 6.45) is 1.88. The third-order valence-electron chi connectivity index (χ3n) is 4.58. The Morgan fingerprint density at radius 2 is 1.81 bits per heavy atom. The zero-order chi connectivity index (χ0) is 22.5. The standard InChI is InChI=1S/C21H22N4O6/c1-12-3-7-16(13(2)9-12)23-21(28)24-19(26)11-31-20(27)14-4-8-17(22-15-5-6-15)18(10-14)25(29)30/h3-4,7-10,15,22H,5-6,11H2,1-2H3,(H2,23,24,26,28). The molecule has 0 spiro atoms. The van der Waals surface area contributed by atoms with Crippen LogP contribution in [0.5, 0.6) is 0 Å². The number of carbonyl (C=O) groups excluding carboxylic acids is 3. The number of hydrogen-bond donors (Lipinski definition) is 3. The number of amides is 3. The van der Waals surface area contributed by atoms with Crippen molar-refractivity contribution in [2.24, 2.45) is 0 Å². The predicted molar refractivity (Wildman–Crippen MR) is 113 cm³/mol. The van der Waals surface area contributed by atoms with Crippen molar-refractivity contribution in [1.29, 1.82) is 0 Å². The van der Waals surface area contributed by atoms with Gasteiger partial charge in [0.2, 0.25) is 0 Å². The van der Waals surface area contributed by atoms with E-state index < -0.39 is 29.4 Å². The van der Waals surface area contributed by atoms with Crippen molar-refractivity contribution in [2.45, 2.75) is 32.7 Å². The minimum atomic E-state index is -0.911. The van der Waals surface area contributed by atoms with E-state index in [-0.39, 0.29) is 17.3 Å². The van der Waals surface area contributed by atoms with E-state index in [9.17, 15) is 24.5 Å². The van der Waals surface area contributed by atoms with Gasteiger partial charge in [-0.05, 0) is 50.5 Å². The van der Waals surface area contributed by atoms with E-state index in [0.717, 1.165) is 30.0 Å². The molecule has 1 fully saturated rings. The van der Waals surface area contributed by atoms with Crippen LogP contribution in [0.1, 0.15) is 34.3 Å². The average molecular weight is 426 g/mol. The van der Waals surface area contributed by atoms with Gasteiger partial charge in [0.1, 0.15) is 5.69 Å². The molecule has 10 nitrogen and oxygen atoms in total. The lowest BCUT2D eigenvalue weighted by Crippen LogP contribution is -2.37. The van der Waals surface area contributed by atoms with Crippen molar-refractivity contribution in [1.82, 2.24) is 5.32 Å². The van der Waals surface area contributed by atoms with Gasteiger partial charge >= 0.3 is 12.0 Å². The summed E-state index contributed by atoms with van der Waals surface area (Å²) in [5, 5.41) is 18.9. The summed E-state index contributed by atoms with van der Waals surface area (Å²) >= 11 is 0. The number of benzene rings is 2. The summed E-state index contributed by atoms with van der Waals surface area (Å²) in [4.78, 5) is 46.7. The number of nitrogens with zero attached hydrogens (tertiary/aromatic N) is 1. The second-order valence-electron chi connectivity index (χ2n) is 7.30. The van der Waals surface area contributed by atoms with Gasteiger partial charge < -0.3 is 15.4 Å². The Balaban J connectivity index is 1.53. The summed E-state index contributed by atoms with van der Waals surface area (Å²) < 4.78 is 4.87. The Labute approximate surface area is 178 Å². The zero-order valence-electron chi connectivity index (χ0n) is 17.1. The maximum atomic E-state index is 12.2. The number of imide groups is 1. The van der Waals surface area contributed by atoms with Crippen LogP contribution in [0.3, 0.4) is 0 Å². The molecule has 0 atom stereocenters. The third kappa shape index (κ3) is 6.01. The molecule has 0 bridgehead atoms. The first-order valence-electron chi connectivity index (χ1n) is 9.63. The maximum Gasteiger partial charge on any atom is 0.338 e. The molecule has 3 amide bonds. The first kappa shape index (κ1) is 21.8. The molecule has 2 aromatic rings. The van der Waals surface area contributed by atoms with E-state index in [0.29, 0.717) is 11.4 Å². The molecule has 0 aliphatic heterocycles. The fourth-order valence-electron chi connectivity index (χ4n) is 2.86. The summed E-state index contributed by atoms with van der Waals surface area (Å²) in [5.74, 6) is -1.75. The Bertz CT molecular complexity index is 1050. The van der Waals surface area contributed by atoms with Gasteiger partial charge in [0, 0.05) is 17.8 Å². The molecule has 1 aliphatic carbocycles. The molecule has 0 saturated heterocycles. The van der Waals surface area contributed by atoms with Gasteiger partial charge in [-0.2, -0.15) is 0 Å². The van der Waals surface area contributed by atoms with Gasteiger partial charge in [0.15, 0.2) is 6.61 Å². The smallest absolute Gasteiger partial charge is 0.338 e. The van der Waals surface area contributed by atoms with Gasteiger partial charge in [-0.25, -0.2) is 9.59 Å². The van der Waals surface area contributed by atoms with Crippen molar-refractivity contribution in [3.8, 4) is 0 Å². The highest BCUT2D eigenvalue weighted by Crippen LogP contribution is 2.31. The van der Waals surface area contributed by atoms with Gasteiger partial charge in [-0.15, -0.1) is 0 Å². The summed E-state index contributed by atoms with van der Waals surface area (Å²) in [5.41, 5.74) is 2.41. The number of nitrogens with one attached hydrogen (secondary N) is 3. The fourth-order valence-corrected chi connectivity index (χ4v) is 2.86. The molecule has 3 N–H and O–H groups in total. The van der Waals surface area contributed by atoms with Crippen LogP contribution in [-0.2, 0) is 9.53 Å². The molecular weight excluding hydrogens is 404 g/mol. The molecule has 162 valence electrons. The van der Waals surface area contributed by atoms with Crippen LogP contribution in [0.4, 0.5) is 21.9 Å². The van der Waals surface area contributed by atoms with E-state index in [1.54, 1.807) is 6.07 Å². The lowest BCUT2D eigenvalue weighted by atomic mass is 10.1. The number of hydrogen-bond acceptors (Lipinski definition) is 7. The number of nitro benzene ring substituents is 1. The van der Waals surface area contributed by atoms with Gasteiger partial charge in [0.05, 0.1) is 10.5 Å². The molecule has 2 aromatic carbocycles. The Hall–Kier alpha value is -3.95. The molecule has 0 aromatic heterocycles. The normalized spacial score (nSPS) is 12.6. The van der Waals surface area contributed by atoms with Crippen LogP contribution in [0.15, 0.2) is 36.4 Å². The van der Waals surface area contributed by atoms with Crippen molar-refractivity contribution in [2.75, 3.05) is 17.2 Å². The Morgan fingerprint density at radius 3 is 2.45 bits per heavy atom. The maximum absolute atomic E-state index is 12.2. The molecule has 0 unspecified atom stereocenters. The van der Waals surface area contributed by atoms with Crippen molar-refractivity contribution < 1.29 is 24.0 Å². The van der Waals surface area contributed by atoms with E-state index in [2.05, 4.69) is 16.0 Å². The number of esters is 1. The monoisotopic (exact) mass is 426 g/mol. The van der Waals surface area contributed by atoms with E-state index in [4.69, 9.17) is 4.74 Å². The van der Waals surface area contributed by atoms with Gasteiger partial charge in [-0.3, -0.25) is 20.2 Å². The van der Waals surface area contributed by atoms with Crippen LogP contribution in [-0.4, -0.2) is 35.5 Å². The quantitative estimate of drug-likeness (QED) is 0.351. The lowest BCUT2D eigenvalue weighted by molar-refractivity contribution is -0.384. The zero-order valence-corrected chi connectivity index (χ0v) is 17.1. The molecular formula is C21H22N4O6. The highest BCUT2D eigenvalue weighted by Gasteiger charge is 2.26. The highest BCUT2D eigenvalue weighted by atomic mass is 16.6. The summed E-state index contributed by atoms with van der Waals surface area (Å²) in [6.45, 7) is 3.02. The van der Waals surface area contributed by atoms with Crippen LogP contribution < -0.4 is 16.0 Å². The van der Waals surface area contributed by atoms with Gasteiger partial charge in [-0.1, -0.05) is 17.7 Å². The van der Waals surface area contributed by atoms with E-state index >= 15 is 0 Å². The molecule has 1 saturated carbocycles. The minimum absolute atomic E-state index is 0.0689. The summed E-state index contributed by atoms with van der Waals surface area (Å²) in [7, 11) is 0. The first-order valence-corrected chi connectivity index (χ1v) is 9.63. The summed E-state index contributed by atoms with van der Waals surface area (Å²) in [6, 6.07) is 8.76. The average Bonchev–Trinajstić information content (AvgIpc) is 3.52. The van der Waals surface area contributed by atoms with E-state index in [1.165, 1.54) is 12.1 Å². The number of urea groups is 1. The minimum Gasteiger partial charge on any atom is -0.452 e. The van der Waals surface area contributed by atoms with Crippen molar-refractivity contribution in [3.63, 3.8) is 0 Å². The number of ether oxygens (including phenoxy) is 1. The lowest BCUT2D eigenvalue weighted by Gasteiger charge is -2.10. The topological polar surface area (TPSA) is 140 Å². The number of anilines is 2. The SMILES string of the molecule is Cc1ccc(NC(=O)NC(=O)COC(=O)c2ccc(NC3CC3)c([N+](=O)[O-])c2)c(C)c1. The second-order valence-corrected chi connectivity index (χ2v) is 7.30. The van der Waals surface area contributed by atoms with E-state index in [1.807, 2.05) is 26.0 Å². The Kier molecular flexibility index (Phi) is 6.49. The largest absolute Gasteiger partial charge is 0.452 e. The molecule has 31 heavy (non-hydrogen) atoms. The second kappa shape index (κ2) is 9.24. The number of carbonyl (C=O) groups is 3. The highest BCUT2D eigenvalue weighted by molar-refractivity contribution is 6.02. The van der Waals surface area contributed by atoms with Crippen molar-refractivity contribution >= 4 is 35.0 Å². The first-order chi connectivity index (χ1) is 14.7. The van der Waals surface area contributed by atoms with Crippen LogP contribution in [0.25, 0.3) is 0 Å². The number of aryl methyl sites for hydroxylation is 2. The van der Waals surface area contributed by atoms with Gasteiger partial charge in [0.25, 0.3) is 11.6 Å². The van der Waals surface area contributed by atoms with Crippen molar-refractivity contribution in [3.05, 3.63) is 63.2 Å². The predicted octanol–water partition coefficient (Wildman–Crippen LogP) is 3.29. The van der Waals surface area contributed by atoms with Crippen LogP contribution in [0, 0.1) is 24.0 Å². The molecule has 10 heteroatoms. The number of nitro groups is 1. The molecule has 3 rings (SSSR count). The molecule has 0 heterocycles. The Morgan fingerprint density at radius 1 is 1.10 bits per heavy atom. The number of rotatable bonds is 7. The van der Waals surface area contributed by atoms with Crippen LogP contribution >= 0.6 is 0 Å². The fraction of sp³-hybridized carbons (Fsp3) is 0.286. The molecule has 1 aliphatic rings.